The van der Waals surface area contributed by atoms with Gasteiger partial charge in [-0.15, -0.1) is 0 Å². The van der Waals surface area contributed by atoms with Crippen LogP contribution in [0.4, 0.5) is 0 Å². The number of carbonyl (C=O) groups is 1. The number of likely N-dealkylation sites (tertiary alicyclic amines) is 1. The maximum absolute atomic E-state index is 13.1. The summed E-state index contributed by atoms with van der Waals surface area (Å²) in [6, 6.07) is 15.7. The minimum Gasteiger partial charge on any atom is -0.496 e. The molecule has 0 radical (unpaired) electrons. The maximum Gasteiger partial charge on any atom is 0.254 e. The standard InChI is InChI=1S/C21H25NO3/c1-15-8-9-16(14-23)13-22(15)21(24)18-10-11-20(25-2)19(12-18)17-6-4-3-5-7-17/h3-7,10-12,15-16,23H,8-9,13-14H2,1-2H3. The predicted molar refractivity (Wildman–Crippen MR) is 98.7 cm³/mol. The van der Waals surface area contributed by atoms with Crippen molar-refractivity contribution in [1.82, 2.24) is 4.90 Å². The number of benzene rings is 2. The summed E-state index contributed by atoms with van der Waals surface area (Å²) in [4.78, 5) is 14.9. The zero-order chi connectivity index (χ0) is 17.8. The van der Waals surface area contributed by atoms with Gasteiger partial charge in [-0.2, -0.15) is 0 Å². The van der Waals surface area contributed by atoms with Gasteiger partial charge in [-0.25, -0.2) is 0 Å². The van der Waals surface area contributed by atoms with Gasteiger partial charge in [0.15, 0.2) is 0 Å². The molecule has 3 rings (SSSR count). The second-order valence-electron chi connectivity index (χ2n) is 6.71. The molecule has 1 heterocycles. The van der Waals surface area contributed by atoms with E-state index in [4.69, 9.17) is 4.74 Å². The largest absolute Gasteiger partial charge is 0.496 e. The average Bonchev–Trinajstić information content (AvgIpc) is 2.68. The monoisotopic (exact) mass is 339 g/mol. The fourth-order valence-corrected chi connectivity index (χ4v) is 3.46. The van der Waals surface area contributed by atoms with Crippen LogP contribution in [-0.2, 0) is 0 Å². The molecule has 4 nitrogen and oxygen atoms in total. The molecule has 1 saturated heterocycles. The molecule has 0 aromatic heterocycles. The van der Waals surface area contributed by atoms with E-state index < -0.39 is 0 Å². The normalized spacial score (nSPS) is 20.4. The first-order chi connectivity index (χ1) is 12.1. The summed E-state index contributed by atoms with van der Waals surface area (Å²) in [6.45, 7) is 2.82. The molecule has 0 spiro atoms. The lowest BCUT2D eigenvalue weighted by Crippen LogP contribution is -2.46. The summed E-state index contributed by atoms with van der Waals surface area (Å²) >= 11 is 0. The number of hydrogen-bond acceptors (Lipinski definition) is 3. The van der Waals surface area contributed by atoms with Crippen LogP contribution in [0.15, 0.2) is 48.5 Å². The number of ether oxygens (including phenoxy) is 1. The molecule has 0 bridgehead atoms. The fraction of sp³-hybridized carbons (Fsp3) is 0.381. The smallest absolute Gasteiger partial charge is 0.254 e. The third-order valence-electron chi connectivity index (χ3n) is 5.03. The van der Waals surface area contributed by atoms with Crippen molar-refractivity contribution >= 4 is 5.91 Å². The topological polar surface area (TPSA) is 49.8 Å². The van der Waals surface area contributed by atoms with Crippen LogP contribution in [-0.4, -0.2) is 42.2 Å². The average molecular weight is 339 g/mol. The number of methoxy groups -OCH3 is 1. The molecule has 1 fully saturated rings. The number of aliphatic hydroxyl groups excluding tert-OH is 1. The number of aliphatic hydroxyl groups is 1. The molecule has 1 aliphatic rings. The summed E-state index contributed by atoms with van der Waals surface area (Å²) in [7, 11) is 1.64. The minimum atomic E-state index is 0.0190. The molecule has 0 saturated carbocycles. The molecule has 132 valence electrons. The number of nitrogens with zero attached hydrogens (tertiary/aromatic N) is 1. The Labute approximate surface area is 149 Å². The van der Waals surface area contributed by atoms with E-state index >= 15 is 0 Å². The Morgan fingerprint density at radius 3 is 2.64 bits per heavy atom. The first-order valence-corrected chi connectivity index (χ1v) is 8.79. The van der Waals surface area contributed by atoms with Crippen LogP contribution in [0.25, 0.3) is 11.1 Å². The zero-order valence-electron chi connectivity index (χ0n) is 14.8. The molecule has 2 atom stereocenters. The predicted octanol–water partition coefficient (Wildman–Crippen LogP) is 3.60. The Bertz CT molecular complexity index is 729. The number of amides is 1. The van der Waals surface area contributed by atoms with Crippen molar-refractivity contribution in [2.75, 3.05) is 20.3 Å². The molecule has 2 aromatic rings. The van der Waals surface area contributed by atoms with Gasteiger partial charge in [0, 0.05) is 30.3 Å². The third-order valence-corrected chi connectivity index (χ3v) is 5.03. The van der Waals surface area contributed by atoms with Crippen LogP contribution in [0.1, 0.15) is 30.1 Å². The van der Waals surface area contributed by atoms with Crippen molar-refractivity contribution in [3.8, 4) is 16.9 Å². The van der Waals surface area contributed by atoms with E-state index in [-0.39, 0.29) is 24.5 Å². The van der Waals surface area contributed by atoms with Crippen molar-refractivity contribution in [2.24, 2.45) is 5.92 Å². The van der Waals surface area contributed by atoms with E-state index in [9.17, 15) is 9.90 Å². The van der Waals surface area contributed by atoms with Gasteiger partial charge in [-0.1, -0.05) is 30.3 Å². The molecule has 1 amide bonds. The lowest BCUT2D eigenvalue weighted by Gasteiger charge is -2.37. The van der Waals surface area contributed by atoms with Gasteiger partial charge < -0.3 is 14.7 Å². The molecule has 1 aliphatic heterocycles. The highest BCUT2D eigenvalue weighted by Crippen LogP contribution is 2.32. The summed E-state index contributed by atoms with van der Waals surface area (Å²) < 4.78 is 5.48. The second kappa shape index (κ2) is 7.70. The van der Waals surface area contributed by atoms with Crippen LogP contribution >= 0.6 is 0 Å². The summed E-state index contributed by atoms with van der Waals surface area (Å²) in [5, 5.41) is 9.45. The lowest BCUT2D eigenvalue weighted by molar-refractivity contribution is 0.0489. The molecule has 1 N–H and O–H groups in total. The maximum atomic E-state index is 13.1. The first kappa shape index (κ1) is 17.5. The van der Waals surface area contributed by atoms with Crippen LogP contribution in [0.2, 0.25) is 0 Å². The Morgan fingerprint density at radius 1 is 1.20 bits per heavy atom. The van der Waals surface area contributed by atoms with Crippen molar-refractivity contribution in [3.05, 3.63) is 54.1 Å². The van der Waals surface area contributed by atoms with Crippen LogP contribution in [0.5, 0.6) is 5.75 Å². The van der Waals surface area contributed by atoms with E-state index in [1.54, 1.807) is 7.11 Å². The van der Waals surface area contributed by atoms with Crippen LogP contribution in [0.3, 0.4) is 0 Å². The lowest BCUT2D eigenvalue weighted by atomic mass is 9.93. The summed E-state index contributed by atoms with van der Waals surface area (Å²) in [5.74, 6) is 0.945. The number of rotatable bonds is 4. The highest BCUT2D eigenvalue weighted by atomic mass is 16.5. The molecule has 25 heavy (non-hydrogen) atoms. The van der Waals surface area contributed by atoms with E-state index in [0.29, 0.717) is 12.1 Å². The quantitative estimate of drug-likeness (QED) is 0.926. The van der Waals surface area contributed by atoms with Crippen LogP contribution in [0, 0.1) is 5.92 Å². The highest BCUT2D eigenvalue weighted by Gasteiger charge is 2.29. The number of hydrogen-bond donors (Lipinski definition) is 1. The SMILES string of the molecule is COc1ccc(C(=O)N2CC(CO)CCC2C)cc1-c1ccccc1. The van der Waals surface area contributed by atoms with Gasteiger partial charge in [-0.05, 0) is 49.4 Å². The molecule has 2 aromatic carbocycles. The zero-order valence-corrected chi connectivity index (χ0v) is 14.8. The minimum absolute atomic E-state index is 0.0190. The molecular weight excluding hydrogens is 314 g/mol. The number of piperidine rings is 1. The van der Waals surface area contributed by atoms with Crippen molar-refractivity contribution in [3.63, 3.8) is 0 Å². The second-order valence-corrected chi connectivity index (χ2v) is 6.71. The van der Waals surface area contributed by atoms with Gasteiger partial charge in [-0.3, -0.25) is 4.79 Å². The van der Waals surface area contributed by atoms with Crippen molar-refractivity contribution in [1.29, 1.82) is 0 Å². The summed E-state index contributed by atoms with van der Waals surface area (Å²) in [5.41, 5.74) is 2.59. The van der Waals surface area contributed by atoms with Crippen LogP contribution < -0.4 is 4.74 Å². The van der Waals surface area contributed by atoms with E-state index in [1.165, 1.54) is 0 Å². The molecule has 0 aliphatic carbocycles. The van der Waals surface area contributed by atoms with Crippen molar-refractivity contribution in [2.45, 2.75) is 25.8 Å². The Morgan fingerprint density at radius 2 is 1.96 bits per heavy atom. The van der Waals surface area contributed by atoms with Gasteiger partial charge in [0.2, 0.25) is 0 Å². The van der Waals surface area contributed by atoms with Gasteiger partial charge in [0.25, 0.3) is 5.91 Å². The Kier molecular flexibility index (Phi) is 5.39. The Hall–Kier alpha value is -2.33. The van der Waals surface area contributed by atoms with Gasteiger partial charge in [0.1, 0.15) is 5.75 Å². The van der Waals surface area contributed by atoms with E-state index in [2.05, 4.69) is 6.92 Å². The molecule has 4 heteroatoms. The number of carbonyl (C=O) groups excluding carboxylic acids is 1. The Balaban J connectivity index is 1.93. The third kappa shape index (κ3) is 3.69. The first-order valence-electron chi connectivity index (χ1n) is 8.79. The highest BCUT2D eigenvalue weighted by molar-refractivity contribution is 5.96. The summed E-state index contributed by atoms with van der Waals surface area (Å²) in [6.07, 6.45) is 1.90. The van der Waals surface area contributed by atoms with Crippen molar-refractivity contribution < 1.29 is 14.6 Å². The van der Waals surface area contributed by atoms with Gasteiger partial charge >= 0.3 is 0 Å². The van der Waals surface area contributed by atoms with Gasteiger partial charge in [0.05, 0.1) is 7.11 Å². The molecule has 2 unspecified atom stereocenters. The fourth-order valence-electron chi connectivity index (χ4n) is 3.46. The van der Waals surface area contributed by atoms with E-state index in [0.717, 1.165) is 29.7 Å². The molecular formula is C21H25NO3. The van der Waals surface area contributed by atoms with E-state index in [1.807, 2.05) is 53.4 Å².